The van der Waals surface area contributed by atoms with Crippen LogP contribution in [0.1, 0.15) is 5.56 Å². The van der Waals surface area contributed by atoms with Gasteiger partial charge >= 0.3 is 0 Å². The molecule has 0 amide bonds. The summed E-state index contributed by atoms with van der Waals surface area (Å²) in [7, 11) is 1.98. The third-order valence-corrected chi connectivity index (χ3v) is 4.30. The molecule has 4 heteroatoms. The lowest BCUT2D eigenvalue weighted by atomic mass is 10.2. The van der Waals surface area contributed by atoms with Crippen molar-refractivity contribution in [1.82, 2.24) is 4.90 Å². The standard InChI is InChI=1S/C11H18NOS.ClH/c1-10-5-7-11(8-6-10)14(4,13)9-12(2)3;/h5-8H,9H2,1-4H3;1H/q+1;/p-1. The lowest BCUT2D eigenvalue weighted by molar-refractivity contribution is -0.00000466. The zero-order valence-electron chi connectivity index (χ0n) is 9.66. The van der Waals surface area contributed by atoms with E-state index in [-0.39, 0.29) is 12.4 Å². The van der Waals surface area contributed by atoms with E-state index in [1.807, 2.05) is 56.4 Å². The molecule has 0 radical (unpaired) electrons. The Labute approximate surface area is 99.5 Å². The normalized spacial score (nSPS) is 14.5. The van der Waals surface area contributed by atoms with Crippen molar-refractivity contribution in [3.63, 3.8) is 0 Å². The molecule has 0 spiro atoms. The monoisotopic (exact) mass is 247 g/mol. The summed E-state index contributed by atoms with van der Waals surface area (Å²) in [6.45, 7) is 2.03. The highest BCUT2D eigenvalue weighted by molar-refractivity contribution is 8.02. The van der Waals surface area contributed by atoms with Gasteiger partial charge in [-0.05, 0) is 33.2 Å². The van der Waals surface area contributed by atoms with Crippen molar-refractivity contribution in [2.24, 2.45) is 0 Å². The van der Waals surface area contributed by atoms with E-state index in [4.69, 9.17) is 0 Å². The van der Waals surface area contributed by atoms with Crippen molar-refractivity contribution in [2.45, 2.75) is 11.8 Å². The number of nitrogens with zero attached hydrogens (tertiary/aromatic N) is 1. The molecule has 0 saturated heterocycles. The van der Waals surface area contributed by atoms with Crippen LogP contribution >= 0.6 is 0 Å². The first-order valence-corrected chi connectivity index (χ1v) is 6.74. The maximum atomic E-state index is 12.3. The second kappa shape index (κ2) is 5.64. The Balaban J connectivity index is 0.00000196. The molecule has 1 aromatic carbocycles. The highest BCUT2D eigenvalue weighted by Gasteiger charge is 2.25. The van der Waals surface area contributed by atoms with Crippen molar-refractivity contribution in [3.05, 3.63) is 29.8 Å². The van der Waals surface area contributed by atoms with E-state index in [1.54, 1.807) is 0 Å². The zero-order chi connectivity index (χ0) is 10.8. The number of halogens is 1. The molecule has 15 heavy (non-hydrogen) atoms. The summed E-state index contributed by atoms with van der Waals surface area (Å²) >= 11 is 0. The number of hydrogen-bond donors (Lipinski definition) is 0. The number of rotatable bonds is 3. The van der Waals surface area contributed by atoms with Gasteiger partial charge in [0.25, 0.3) is 0 Å². The maximum absolute atomic E-state index is 12.3. The molecule has 0 heterocycles. The van der Waals surface area contributed by atoms with Crippen LogP contribution in [0.3, 0.4) is 0 Å². The van der Waals surface area contributed by atoms with Crippen LogP contribution in [0.2, 0.25) is 0 Å². The van der Waals surface area contributed by atoms with Gasteiger partial charge in [-0.25, -0.2) is 0 Å². The van der Waals surface area contributed by atoms with E-state index in [0.717, 1.165) is 4.90 Å². The molecular formula is C11H18ClNOS. The van der Waals surface area contributed by atoms with Gasteiger partial charge in [-0.15, -0.1) is 0 Å². The van der Waals surface area contributed by atoms with Crippen molar-refractivity contribution >= 4 is 9.93 Å². The van der Waals surface area contributed by atoms with Gasteiger partial charge in [0, 0.05) is 0 Å². The maximum Gasteiger partial charge on any atom is 0.170 e. The molecule has 0 N–H and O–H groups in total. The fraction of sp³-hybridized carbons (Fsp3) is 0.455. The van der Waals surface area contributed by atoms with Gasteiger partial charge in [0.2, 0.25) is 0 Å². The highest BCUT2D eigenvalue weighted by atomic mass is 35.5. The summed E-state index contributed by atoms with van der Waals surface area (Å²) in [5.41, 5.74) is 1.20. The topological polar surface area (TPSA) is 20.3 Å². The van der Waals surface area contributed by atoms with Gasteiger partial charge in [0.05, 0.1) is 0 Å². The molecule has 0 fully saturated rings. The van der Waals surface area contributed by atoms with Gasteiger partial charge in [0.15, 0.2) is 10.8 Å². The van der Waals surface area contributed by atoms with Crippen LogP contribution in [0.4, 0.5) is 0 Å². The van der Waals surface area contributed by atoms with Crippen LogP contribution in [0.25, 0.3) is 0 Å². The molecule has 1 unspecified atom stereocenters. The summed E-state index contributed by atoms with van der Waals surface area (Å²) in [5.74, 6) is 0.607. The minimum absolute atomic E-state index is 0. The molecule has 1 atom stereocenters. The predicted molar refractivity (Wildman–Crippen MR) is 62.0 cm³/mol. The lowest BCUT2D eigenvalue weighted by Gasteiger charge is -2.12. The van der Waals surface area contributed by atoms with Crippen LogP contribution in [-0.4, -0.2) is 31.1 Å². The SMILES string of the molecule is Cc1ccc([S+](C)(=O)CN(C)C)cc1.[Cl-]. The van der Waals surface area contributed by atoms with E-state index in [0.29, 0.717) is 5.88 Å². The Morgan fingerprint density at radius 2 is 1.67 bits per heavy atom. The van der Waals surface area contributed by atoms with E-state index < -0.39 is 9.93 Å². The largest absolute Gasteiger partial charge is 1.00 e. The quantitative estimate of drug-likeness (QED) is 0.640. The molecule has 0 aliphatic heterocycles. The summed E-state index contributed by atoms with van der Waals surface area (Å²) in [4.78, 5) is 2.90. The van der Waals surface area contributed by atoms with Crippen LogP contribution in [0.15, 0.2) is 29.2 Å². The van der Waals surface area contributed by atoms with Gasteiger partial charge in [-0.1, -0.05) is 21.9 Å². The molecule has 0 aromatic heterocycles. The summed E-state index contributed by atoms with van der Waals surface area (Å²) in [6, 6.07) is 7.94. The lowest BCUT2D eigenvalue weighted by Crippen LogP contribution is -3.00. The van der Waals surface area contributed by atoms with Gasteiger partial charge in [0.1, 0.15) is 16.2 Å². The number of hydrogen-bond acceptors (Lipinski definition) is 2. The Kier molecular flexibility index (Phi) is 5.49. The summed E-state index contributed by atoms with van der Waals surface area (Å²) in [6.07, 6.45) is 1.82. The van der Waals surface area contributed by atoms with Crippen molar-refractivity contribution in [2.75, 3.05) is 26.2 Å². The van der Waals surface area contributed by atoms with Crippen molar-refractivity contribution in [1.29, 1.82) is 0 Å². The van der Waals surface area contributed by atoms with Gasteiger partial charge in [-0.2, -0.15) is 0 Å². The molecule has 1 aromatic rings. The molecule has 0 aliphatic rings. The molecule has 2 nitrogen and oxygen atoms in total. The van der Waals surface area contributed by atoms with Crippen molar-refractivity contribution < 1.29 is 16.6 Å². The van der Waals surface area contributed by atoms with Crippen LogP contribution in [-0.2, 0) is 14.1 Å². The number of benzene rings is 1. The van der Waals surface area contributed by atoms with Crippen molar-refractivity contribution in [3.8, 4) is 0 Å². The Hall–Kier alpha value is -0.380. The molecule has 86 valence electrons. The van der Waals surface area contributed by atoms with Gasteiger partial charge in [-0.3, -0.25) is 4.90 Å². The van der Waals surface area contributed by atoms with Crippen LogP contribution < -0.4 is 12.4 Å². The molecule has 1 rings (SSSR count). The second-order valence-electron chi connectivity index (χ2n) is 4.03. The Bertz CT molecular complexity index is 348. The predicted octanol–water partition coefficient (Wildman–Crippen LogP) is -0.994. The average molecular weight is 248 g/mol. The molecule has 0 bridgehead atoms. The van der Waals surface area contributed by atoms with Gasteiger partial charge < -0.3 is 12.4 Å². The van der Waals surface area contributed by atoms with E-state index in [9.17, 15) is 4.21 Å². The first-order valence-electron chi connectivity index (χ1n) is 4.60. The average Bonchev–Trinajstić information content (AvgIpc) is 2.02. The van der Waals surface area contributed by atoms with Crippen LogP contribution in [0.5, 0.6) is 0 Å². The van der Waals surface area contributed by atoms with E-state index >= 15 is 0 Å². The Morgan fingerprint density at radius 3 is 2.07 bits per heavy atom. The smallest absolute Gasteiger partial charge is 0.170 e. The summed E-state index contributed by atoms with van der Waals surface area (Å²) in [5, 5.41) is 0. The minimum atomic E-state index is -1.90. The van der Waals surface area contributed by atoms with E-state index in [1.165, 1.54) is 5.56 Å². The summed E-state index contributed by atoms with van der Waals surface area (Å²) < 4.78 is 12.3. The fourth-order valence-corrected chi connectivity index (χ4v) is 3.24. The third kappa shape index (κ3) is 4.33. The second-order valence-corrected chi connectivity index (χ2v) is 6.77. The molecular weight excluding hydrogens is 230 g/mol. The third-order valence-electron chi connectivity index (χ3n) is 2.02. The zero-order valence-corrected chi connectivity index (χ0v) is 11.2. The first-order chi connectivity index (χ1) is 6.42. The minimum Gasteiger partial charge on any atom is -1.00 e. The Morgan fingerprint density at radius 1 is 1.20 bits per heavy atom. The number of aryl methyl sites for hydroxylation is 1. The first kappa shape index (κ1) is 14.6. The molecule has 0 saturated carbocycles. The van der Waals surface area contributed by atoms with Crippen LogP contribution in [0, 0.1) is 6.92 Å². The van der Waals surface area contributed by atoms with E-state index in [2.05, 4.69) is 0 Å². The molecule has 0 aliphatic carbocycles. The fourth-order valence-electron chi connectivity index (χ4n) is 1.39. The highest BCUT2D eigenvalue weighted by Crippen LogP contribution is 2.17.